The van der Waals surface area contributed by atoms with E-state index in [4.69, 9.17) is 5.26 Å². The lowest BCUT2D eigenvalue weighted by atomic mass is 10.1. The van der Waals surface area contributed by atoms with Gasteiger partial charge in [0.1, 0.15) is 0 Å². The number of hydrogen-bond donors (Lipinski definition) is 1. The third-order valence-corrected chi connectivity index (χ3v) is 3.67. The van der Waals surface area contributed by atoms with Crippen LogP contribution in [0.1, 0.15) is 46.1 Å². The zero-order chi connectivity index (χ0) is 14.8. The van der Waals surface area contributed by atoms with Crippen LogP contribution in [-0.2, 0) is 13.6 Å². The molecule has 1 fully saturated rings. The van der Waals surface area contributed by atoms with Crippen molar-refractivity contribution >= 4 is 5.91 Å². The van der Waals surface area contributed by atoms with Gasteiger partial charge in [-0.05, 0) is 43.2 Å². The van der Waals surface area contributed by atoms with Crippen molar-refractivity contribution < 1.29 is 4.79 Å². The number of nitrogens with one attached hydrogen (secondary N) is 1. The molecule has 5 nitrogen and oxygen atoms in total. The van der Waals surface area contributed by atoms with E-state index in [-0.39, 0.29) is 5.91 Å². The lowest BCUT2D eigenvalue weighted by Gasteiger charge is -2.03. The Labute approximate surface area is 123 Å². The van der Waals surface area contributed by atoms with Crippen LogP contribution in [0.4, 0.5) is 0 Å². The highest BCUT2D eigenvalue weighted by Gasteiger charge is 2.27. The molecule has 1 amide bonds. The largest absolute Gasteiger partial charge is 0.346 e. The molecule has 0 radical (unpaired) electrons. The van der Waals surface area contributed by atoms with Gasteiger partial charge in [0.15, 0.2) is 0 Å². The summed E-state index contributed by atoms with van der Waals surface area (Å²) in [5.41, 5.74) is 3.22. The molecule has 1 aliphatic rings. The van der Waals surface area contributed by atoms with Gasteiger partial charge in [-0.25, -0.2) is 0 Å². The van der Waals surface area contributed by atoms with Crippen LogP contribution >= 0.6 is 0 Å². The summed E-state index contributed by atoms with van der Waals surface area (Å²) >= 11 is 0. The number of nitrogens with zero attached hydrogens (tertiary/aromatic N) is 3. The fourth-order valence-corrected chi connectivity index (χ4v) is 2.36. The Morgan fingerprint density at radius 1 is 1.43 bits per heavy atom. The Balaban J connectivity index is 1.62. The van der Waals surface area contributed by atoms with Crippen molar-refractivity contribution in [2.24, 2.45) is 7.05 Å². The summed E-state index contributed by atoms with van der Waals surface area (Å²) in [5, 5.41) is 16.0. The minimum atomic E-state index is -0.155. The molecule has 0 atom stereocenters. The topological polar surface area (TPSA) is 70.7 Å². The maximum absolute atomic E-state index is 12.0. The van der Waals surface area contributed by atoms with Gasteiger partial charge in [-0.2, -0.15) is 10.4 Å². The number of aromatic nitrogens is 2. The van der Waals surface area contributed by atoms with Gasteiger partial charge in [0, 0.05) is 24.2 Å². The van der Waals surface area contributed by atoms with Crippen LogP contribution in [0.5, 0.6) is 0 Å². The SMILES string of the molecule is Cn1nc(CNC(=O)c2ccc(C#N)cc2)cc1C1CC1. The summed E-state index contributed by atoms with van der Waals surface area (Å²) in [6, 6.07) is 10.7. The lowest BCUT2D eigenvalue weighted by molar-refractivity contribution is 0.0950. The molecule has 0 bridgehead atoms. The van der Waals surface area contributed by atoms with Crippen molar-refractivity contribution in [3.8, 4) is 6.07 Å². The molecule has 0 aliphatic heterocycles. The normalized spacial score (nSPS) is 13.7. The quantitative estimate of drug-likeness (QED) is 0.932. The molecule has 3 rings (SSSR count). The van der Waals surface area contributed by atoms with E-state index in [1.165, 1.54) is 18.5 Å². The average Bonchev–Trinajstić information content (AvgIpc) is 3.28. The minimum Gasteiger partial charge on any atom is -0.346 e. The number of benzene rings is 1. The molecular formula is C16H16N4O. The number of rotatable bonds is 4. The van der Waals surface area contributed by atoms with Gasteiger partial charge in [-0.1, -0.05) is 0 Å². The lowest BCUT2D eigenvalue weighted by Crippen LogP contribution is -2.23. The molecular weight excluding hydrogens is 264 g/mol. The van der Waals surface area contributed by atoms with Crippen LogP contribution in [0.3, 0.4) is 0 Å². The van der Waals surface area contributed by atoms with Crippen LogP contribution in [0.25, 0.3) is 0 Å². The second-order valence-corrected chi connectivity index (χ2v) is 5.33. The predicted octanol–water partition coefficient (Wildman–Crippen LogP) is 2.10. The van der Waals surface area contributed by atoms with E-state index in [2.05, 4.69) is 16.5 Å². The molecule has 21 heavy (non-hydrogen) atoms. The van der Waals surface area contributed by atoms with Crippen molar-refractivity contribution in [2.45, 2.75) is 25.3 Å². The van der Waals surface area contributed by atoms with Crippen molar-refractivity contribution in [1.29, 1.82) is 5.26 Å². The second kappa shape index (κ2) is 5.41. The summed E-state index contributed by atoms with van der Waals surface area (Å²) in [7, 11) is 1.94. The van der Waals surface area contributed by atoms with Gasteiger partial charge in [-0.15, -0.1) is 0 Å². The fraction of sp³-hybridized carbons (Fsp3) is 0.312. The molecule has 1 N–H and O–H groups in total. The second-order valence-electron chi connectivity index (χ2n) is 5.33. The van der Waals surface area contributed by atoms with Gasteiger partial charge in [0.25, 0.3) is 5.91 Å². The van der Waals surface area contributed by atoms with Crippen LogP contribution in [0.2, 0.25) is 0 Å². The predicted molar refractivity (Wildman–Crippen MR) is 77.5 cm³/mol. The minimum absolute atomic E-state index is 0.155. The molecule has 106 valence electrons. The molecule has 1 heterocycles. The monoisotopic (exact) mass is 280 g/mol. The van der Waals surface area contributed by atoms with Crippen LogP contribution in [0.15, 0.2) is 30.3 Å². The van der Waals surface area contributed by atoms with E-state index >= 15 is 0 Å². The van der Waals surface area contributed by atoms with Gasteiger partial charge in [-0.3, -0.25) is 9.48 Å². The van der Waals surface area contributed by atoms with Crippen LogP contribution in [0, 0.1) is 11.3 Å². The summed E-state index contributed by atoms with van der Waals surface area (Å²) < 4.78 is 1.90. The zero-order valence-electron chi connectivity index (χ0n) is 11.8. The zero-order valence-corrected chi connectivity index (χ0v) is 11.8. The van der Waals surface area contributed by atoms with Gasteiger partial charge in [0.05, 0.1) is 23.9 Å². The van der Waals surface area contributed by atoms with Gasteiger partial charge < -0.3 is 5.32 Å². The molecule has 1 aromatic carbocycles. The Kier molecular flexibility index (Phi) is 3.44. The van der Waals surface area contributed by atoms with Crippen molar-refractivity contribution in [1.82, 2.24) is 15.1 Å². The molecule has 0 spiro atoms. The standard InChI is InChI=1S/C16H16N4O/c1-20-15(12-6-7-12)8-14(19-20)10-18-16(21)13-4-2-11(9-17)3-5-13/h2-5,8,12H,6-7,10H2,1H3,(H,18,21). The highest BCUT2D eigenvalue weighted by atomic mass is 16.1. The third-order valence-electron chi connectivity index (χ3n) is 3.67. The summed E-state index contributed by atoms with van der Waals surface area (Å²) in [6.07, 6.45) is 2.47. The molecule has 0 unspecified atom stereocenters. The maximum atomic E-state index is 12.0. The Morgan fingerprint density at radius 3 is 2.76 bits per heavy atom. The maximum Gasteiger partial charge on any atom is 0.251 e. The molecule has 5 heteroatoms. The number of nitriles is 1. The first-order valence-corrected chi connectivity index (χ1v) is 6.98. The van der Waals surface area contributed by atoms with E-state index < -0.39 is 0 Å². The molecule has 2 aromatic rings. The molecule has 1 aromatic heterocycles. The average molecular weight is 280 g/mol. The summed E-state index contributed by atoms with van der Waals surface area (Å²) in [4.78, 5) is 12.0. The number of hydrogen-bond acceptors (Lipinski definition) is 3. The summed E-state index contributed by atoms with van der Waals surface area (Å²) in [5.74, 6) is 0.489. The van der Waals surface area contributed by atoms with Crippen molar-refractivity contribution in [3.05, 3.63) is 52.8 Å². The van der Waals surface area contributed by atoms with Crippen molar-refractivity contribution in [2.75, 3.05) is 0 Å². The highest BCUT2D eigenvalue weighted by molar-refractivity contribution is 5.94. The Hall–Kier alpha value is -2.61. The van der Waals surface area contributed by atoms with Gasteiger partial charge in [0.2, 0.25) is 0 Å². The van der Waals surface area contributed by atoms with Crippen molar-refractivity contribution in [3.63, 3.8) is 0 Å². The molecule has 0 saturated heterocycles. The number of aryl methyl sites for hydroxylation is 1. The van der Waals surface area contributed by atoms with Gasteiger partial charge >= 0.3 is 0 Å². The summed E-state index contributed by atoms with van der Waals surface area (Å²) in [6.45, 7) is 0.416. The Bertz CT molecular complexity index is 705. The first-order valence-electron chi connectivity index (χ1n) is 6.98. The third kappa shape index (κ3) is 2.95. The smallest absolute Gasteiger partial charge is 0.251 e. The van der Waals surface area contributed by atoms with E-state index in [0.717, 1.165) is 5.69 Å². The van der Waals surface area contributed by atoms with Crippen LogP contribution in [-0.4, -0.2) is 15.7 Å². The molecule has 1 aliphatic carbocycles. The first kappa shape index (κ1) is 13.4. The number of carbonyl (C=O) groups is 1. The number of amides is 1. The molecule has 1 saturated carbocycles. The fourth-order valence-electron chi connectivity index (χ4n) is 2.36. The first-order chi connectivity index (χ1) is 10.2. The Morgan fingerprint density at radius 2 is 2.14 bits per heavy atom. The van der Waals surface area contributed by atoms with E-state index in [9.17, 15) is 4.79 Å². The van der Waals surface area contributed by atoms with E-state index in [0.29, 0.717) is 23.6 Å². The number of carbonyl (C=O) groups excluding carboxylic acids is 1. The van der Waals surface area contributed by atoms with E-state index in [1.807, 2.05) is 17.8 Å². The van der Waals surface area contributed by atoms with Crippen LogP contribution < -0.4 is 5.32 Å². The van der Waals surface area contributed by atoms with E-state index in [1.54, 1.807) is 24.3 Å². The highest BCUT2D eigenvalue weighted by Crippen LogP contribution is 2.39.